The molecule has 0 unspecified atom stereocenters. The third-order valence-corrected chi connectivity index (χ3v) is 2.34. The maximum Gasteiger partial charge on any atom is 0.417 e. The van der Waals surface area contributed by atoms with Crippen molar-refractivity contribution >= 4 is 29.2 Å². The van der Waals surface area contributed by atoms with Gasteiger partial charge in [0.05, 0.1) is 10.6 Å². The van der Waals surface area contributed by atoms with E-state index in [1.807, 2.05) is 0 Å². The summed E-state index contributed by atoms with van der Waals surface area (Å²) >= 11 is 5.48. The van der Waals surface area contributed by atoms with Crippen LogP contribution in [0, 0.1) is 0 Å². The molecule has 0 radical (unpaired) electrons. The van der Waals surface area contributed by atoms with Crippen LogP contribution in [0.4, 0.5) is 18.9 Å². The number of nitrogens with zero attached hydrogens (tertiary/aromatic N) is 2. The van der Waals surface area contributed by atoms with E-state index in [2.05, 4.69) is 15.3 Å². The molecule has 0 spiro atoms. The highest BCUT2D eigenvalue weighted by Crippen LogP contribution is 2.36. The number of guanidine groups is 2. The van der Waals surface area contributed by atoms with E-state index in [1.54, 1.807) is 0 Å². The van der Waals surface area contributed by atoms with Gasteiger partial charge in [0.2, 0.25) is 11.9 Å². The van der Waals surface area contributed by atoms with Crippen molar-refractivity contribution in [3.05, 3.63) is 28.8 Å². The van der Waals surface area contributed by atoms with E-state index in [9.17, 15) is 13.2 Å². The Morgan fingerprint density at radius 3 is 2.47 bits per heavy atom. The van der Waals surface area contributed by atoms with E-state index in [4.69, 9.17) is 23.1 Å². The zero-order chi connectivity index (χ0) is 14.6. The normalized spacial score (nSPS) is 13.5. The van der Waals surface area contributed by atoms with Crippen LogP contribution in [-0.4, -0.2) is 19.0 Å². The molecule has 5 N–H and O–H groups in total. The molecule has 1 aromatic rings. The Kier molecular flexibility index (Phi) is 4.60. The van der Waals surface area contributed by atoms with Gasteiger partial charge in [-0.1, -0.05) is 11.6 Å². The van der Waals surface area contributed by atoms with E-state index in [-0.39, 0.29) is 17.6 Å². The Labute approximate surface area is 112 Å². The molecule has 0 aliphatic heterocycles. The maximum absolute atomic E-state index is 12.6. The Bertz CT molecular complexity index is 524. The van der Waals surface area contributed by atoms with Gasteiger partial charge in [-0.15, -0.1) is 0 Å². The van der Waals surface area contributed by atoms with Gasteiger partial charge in [-0.05, 0) is 18.2 Å². The molecule has 0 aromatic heterocycles. The van der Waals surface area contributed by atoms with Gasteiger partial charge in [0.25, 0.3) is 0 Å². The predicted octanol–water partition coefficient (Wildman–Crippen LogP) is 2.03. The molecular formula is C10H11ClF3N5. The van der Waals surface area contributed by atoms with E-state index < -0.39 is 16.8 Å². The number of hydrogen-bond donors (Lipinski definition) is 3. The molecule has 0 amide bonds. The number of nitrogens with two attached hydrogens (primary N) is 2. The van der Waals surface area contributed by atoms with Gasteiger partial charge in [0.1, 0.15) is 0 Å². The van der Waals surface area contributed by atoms with E-state index in [0.29, 0.717) is 0 Å². The fourth-order valence-corrected chi connectivity index (χ4v) is 1.39. The number of rotatable bonds is 1. The van der Waals surface area contributed by atoms with Crippen molar-refractivity contribution < 1.29 is 13.2 Å². The molecule has 0 aliphatic rings. The first kappa shape index (κ1) is 15.1. The molecule has 1 rings (SSSR count). The predicted molar refractivity (Wildman–Crippen MR) is 69.2 cm³/mol. The SMILES string of the molecule is CN=C(N)N=C(N)Nc1ccc(Cl)c(C(F)(F)F)c1. The Balaban J connectivity index is 3.02. The highest BCUT2D eigenvalue weighted by atomic mass is 35.5. The summed E-state index contributed by atoms with van der Waals surface area (Å²) in [5.74, 6) is -0.284. The first-order valence-electron chi connectivity index (χ1n) is 4.94. The zero-order valence-electron chi connectivity index (χ0n) is 9.79. The van der Waals surface area contributed by atoms with Crippen molar-refractivity contribution in [3.8, 4) is 0 Å². The maximum atomic E-state index is 12.6. The summed E-state index contributed by atoms with van der Waals surface area (Å²) in [4.78, 5) is 7.13. The Hall–Kier alpha value is -1.96. The third-order valence-electron chi connectivity index (χ3n) is 2.01. The molecular weight excluding hydrogens is 283 g/mol. The van der Waals surface area contributed by atoms with Crippen LogP contribution in [0.15, 0.2) is 28.2 Å². The molecule has 0 saturated heterocycles. The molecule has 0 heterocycles. The summed E-state index contributed by atoms with van der Waals surface area (Å²) < 4.78 is 37.9. The molecule has 9 heteroatoms. The standard InChI is InChI=1S/C10H11ClF3N5/c1-17-8(15)19-9(16)18-5-2-3-7(11)6(4-5)10(12,13)14/h2-4H,1H3,(H5,15,16,17,18,19). The fraction of sp³-hybridized carbons (Fsp3) is 0.200. The van der Waals surface area contributed by atoms with Gasteiger partial charge in [-0.3, -0.25) is 4.99 Å². The number of nitrogens with one attached hydrogen (secondary N) is 1. The van der Waals surface area contributed by atoms with Crippen LogP contribution in [-0.2, 0) is 6.18 Å². The van der Waals surface area contributed by atoms with Crippen molar-refractivity contribution in [2.24, 2.45) is 21.5 Å². The van der Waals surface area contributed by atoms with Gasteiger partial charge in [-0.2, -0.15) is 18.2 Å². The minimum atomic E-state index is -4.55. The van der Waals surface area contributed by atoms with Crippen LogP contribution in [0.3, 0.4) is 0 Å². The molecule has 1 aromatic carbocycles. The number of hydrogen-bond acceptors (Lipinski definition) is 1. The number of aliphatic imine (C=N–C) groups is 2. The topological polar surface area (TPSA) is 88.8 Å². The second-order valence-electron chi connectivity index (χ2n) is 3.40. The molecule has 0 bridgehead atoms. The van der Waals surface area contributed by atoms with Gasteiger partial charge in [-0.25, -0.2) is 0 Å². The summed E-state index contributed by atoms with van der Waals surface area (Å²) in [5.41, 5.74) is 9.85. The minimum Gasteiger partial charge on any atom is -0.369 e. The first-order valence-corrected chi connectivity index (χ1v) is 5.32. The molecule has 5 nitrogen and oxygen atoms in total. The van der Waals surface area contributed by atoms with E-state index in [1.165, 1.54) is 13.1 Å². The van der Waals surface area contributed by atoms with Crippen LogP contribution in [0.25, 0.3) is 0 Å². The van der Waals surface area contributed by atoms with Crippen molar-refractivity contribution in [2.75, 3.05) is 12.4 Å². The van der Waals surface area contributed by atoms with Crippen LogP contribution in [0.5, 0.6) is 0 Å². The molecule has 0 aliphatic carbocycles. The second kappa shape index (κ2) is 5.79. The molecule has 104 valence electrons. The smallest absolute Gasteiger partial charge is 0.369 e. The summed E-state index contributed by atoms with van der Waals surface area (Å²) in [7, 11) is 1.40. The van der Waals surface area contributed by atoms with Crippen molar-refractivity contribution in [2.45, 2.75) is 6.18 Å². The van der Waals surface area contributed by atoms with Gasteiger partial charge in [0.15, 0.2) is 0 Å². The molecule has 0 saturated carbocycles. The lowest BCUT2D eigenvalue weighted by atomic mass is 10.2. The van der Waals surface area contributed by atoms with Crippen LogP contribution >= 0.6 is 11.6 Å². The summed E-state index contributed by atoms with van der Waals surface area (Å²) in [5, 5.41) is 2.06. The van der Waals surface area contributed by atoms with Crippen LogP contribution in [0.2, 0.25) is 5.02 Å². The fourth-order valence-electron chi connectivity index (χ4n) is 1.17. The lowest BCUT2D eigenvalue weighted by Gasteiger charge is -2.11. The quantitative estimate of drug-likeness (QED) is 0.547. The van der Waals surface area contributed by atoms with Gasteiger partial charge in [0, 0.05) is 12.7 Å². The Morgan fingerprint density at radius 1 is 1.32 bits per heavy atom. The monoisotopic (exact) mass is 293 g/mol. The number of halogens is 4. The highest BCUT2D eigenvalue weighted by Gasteiger charge is 2.33. The first-order chi connectivity index (χ1) is 8.74. The third kappa shape index (κ3) is 4.32. The van der Waals surface area contributed by atoms with Crippen molar-refractivity contribution in [1.29, 1.82) is 0 Å². The summed E-state index contributed by atoms with van der Waals surface area (Å²) in [6, 6.07) is 3.26. The minimum absolute atomic E-state index is 0.0851. The molecule has 0 fully saturated rings. The average Bonchev–Trinajstić information content (AvgIpc) is 2.29. The lowest BCUT2D eigenvalue weighted by molar-refractivity contribution is -0.137. The largest absolute Gasteiger partial charge is 0.417 e. The van der Waals surface area contributed by atoms with Crippen molar-refractivity contribution in [3.63, 3.8) is 0 Å². The van der Waals surface area contributed by atoms with Crippen LogP contribution in [0.1, 0.15) is 5.56 Å². The second-order valence-corrected chi connectivity index (χ2v) is 3.80. The summed E-state index contributed by atoms with van der Waals surface area (Å²) in [6.07, 6.45) is -4.55. The van der Waals surface area contributed by atoms with Gasteiger partial charge < -0.3 is 16.8 Å². The van der Waals surface area contributed by atoms with E-state index >= 15 is 0 Å². The Morgan fingerprint density at radius 2 is 1.95 bits per heavy atom. The number of anilines is 1. The lowest BCUT2D eigenvalue weighted by Crippen LogP contribution is -2.26. The molecule has 0 atom stereocenters. The summed E-state index contributed by atoms with van der Waals surface area (Å²) in [6.45, 7) is 0. The van der Waals surface area contributed by atoms with Crippen molar-refractivity contribution in [1.82, 2.24) is 0 Å². The van der Waals surface area contributed by atoms with Crippen LogP contribution < -0.4 is 16.8 Å². The number of benzene rings is 1. The van der Waals surface area contributed by atoms with Gasteiger partial charge >= 0.3 is 6.18 Å². The molecule has 19 heavy (non-hydrogen) atoms. The van der Waals surface area contributed by atoms with E-state index in [0.717, 1.165) is 12.1 Å². The zero-order valence-corrected chi connectivity index (χ0v) is 10.5. The number of alkyl halides is 3. The highest BCUT2D eigenvalue weighted by molar-refractivity contribution is 6.31. The average molecular weight is 294 g/mol.